The maximum absolute atomic E-state index is 10.7. The fourth-order valence-corrected chi connectivity index (χ4v) is 0.809. The normalized spacial score (nSPS) is 9.62. The summed E-state index contributed by atoms with van der Waals surface area (Å²) in [6.45, 7) is 0.436. The third-order valence-electron chi connectivity index (χ3n) is 1.35. The molecule has 91 valence electrons. The van der Waals surface area contributed by atoms with Crippen molar-refractivity contribution < 1.29 is 40.8 Å². The van der Waals surface area contributed by atoms with Crippen LogP contribution < -0.4 is 17.2 Å². The number of aliphatic imine (C=N–C) groups is 1. The van der Waals surface area contributed by atoms with Crippen LogP contribution in [0, 0.1) is 0 Å². The number of guanidine groups is 1. The molecule has 0 unspecified atom stereocenters. The molecule has 0 aliphatic carbocycles. The van der Waals surface area contributed by atoms with Gasteiger partial charge in [-0.25, -0.2) is 4.79 Å². The summed E-state index contributed by atoms with van der Waals surface area (Å²) in [5.74, 6) is -0.625. The number of hydrogen-bond donors (Lipinski definition) is 3. The van der Waals surface area contributed by atoms with Gasteiger partial charge < -0.3 is 27.0 Å². The van der Waals surface area contributed by atoms with Crippen molar-refractivity contribution in [2.24, 2.45) is 22.2 Å². The Balaban J connectivity index is -0.000000240. The van der Waals surface area contributed by atoms with Crippen molar-refractivity contribution in [3.05, 3.63) is 0 Å². The van der Waals surface area contributed by atoms with Crippen molar-refractivity contribution in [1.82, 2.24) is 0 Å². The minimum atomic E-state index is -0.716. The fourth-order valence-electron chi connectivity index (χ4n) is 0.694. The molecule has 3 radical (unpaired) electrons. The van der Waals surface area contributed by atoms with Crippen LogP contribution in [-0.2, 0) is 35.3 Å². The van der Waals surface area contributed by atoms with Gasteiger partial charge in [-0.2, -0.15) is 0 Å². The van der Waals surface area contributed by atoms with Crippen molar-refractivity contribution in [3.63, 3.8) is 0 Å². The van der Waals surface area contributed by atoms with E-state index >= 15 is 0 Å². The van der Waals surface area contributed by atoms with Crippen LogP contribution in [0.1, 0.15) is 12.8 Å². The van der Waals surface area contributed by atoms with Gasteiger partial charge in [0.15, 0.2) is 5.96 Å². The largest absolute Gasteiger partial charge is 0.412 e. The summed E-state index contributed by atoms with van der Waals surface area (Å²) in [6, 6.07) is -0.716. The van der Waals surface area contributed by atoms with Crippen LogP contribution in [-0.4, -0.2) is 47.4 Å². The van der Waals surface area contributed by atoms with Gasteiger partial charge in [-0.1, -0.05) is 0 Å². The summed E-state index contributed by atoms with van der Waals surface area (Å²) in [7, 11) is 0. The maximum Gasteiger partial charge on any atom is 0.341 e. The standard InChI is InChI=1S/C6H13ClN4O2.Al.H2O.Zr/c7-13-5(12)4(8)2-1-3-11-6(9)10;;;/h4H,1-3,8H2,(H4,9,10,11);;1H2;/t4-;;;/m0.../s1. The van der Waals surface area contributed by atoms with E-state index in [4.69, 9.17) is 29.1 Å². The number of carbonyl (C=O) groups excluding carboxylic acids is 1. The van der Waals surface area contributed by atoms with Crippen LogP contribution in [0.4, 0.5) is 0 Å². The second kappa shape index (κ2) is 15.4. The van der Waals surface area contributed by atoms with Gasteiger partial charge in [0.25, 0.3) is 0 Å². The number of carbonyl (C=O) groups is 1. The van der Waals surface area contributed by atoms with E-state index in [9.17, 15) is 4.79 Å². The van der Waals surface area contributed by atoms with Gasteiger partial charge in [0, 0.05) is 50.1 Å². The Labute approximate surface area is 129 Å². The van der Waals surface area contributed by atoms with Crippen LogP contribution >= 0.6 is 11.9 Å². The fraction of sp³-hybridized carbons (Fsp3) is 0.667. The molecular weight excluding hydrogens is 330 g/mol. The van der Waals surface area contributed by atoms with Gasteiger partial charge >= 0.3 is 5.97 Å². The molecule has 0 heterocycles. The van der Waals surface area contributed by atoms with E-state index < -0.39 is 12.0 Å². The molecule has 0 spiro atoms. The molecule has 7 nitrogen and oxygen atoms in total. The van der Waals surface area contributed by atoms with E-state index in [2.05, 4.69) is 9.28 Å². The van der Waals surface area contributed by atoms with E-state index in [0.29, 0.717) is 19.4 Å². The van der Waals surface area contributed by atoms with E-state index in [1.54, 1.807) is 0 Å². The number of halogens is 1. The Morgan fingerprint density at radius 1 is 1.44 bits per heavy atom. The molecule has 8 N–H and O–H groups in total. The molecule has 0 fully saturated rings. The average Bonchev–Trinajstić information content (AvgIpc) is 2.10. The van der Waals surface area contributed by atoms with Crippen LogP contribution in [0.5, 0.6) is 0 Å². The molecule has 0 bridgehead atoms. The second-order valence-corrected chi connectivity index (χ2v) is 2.61. The molecule has 0 aromatic rings. The first-order valence-corrected chi connectivity index (χ1v) is 4.02. The van der Waals surface area contributed by atoms with Gasteiger partial charge in [0.2, 0.25) is 0 Å². The van der Waals surface area contributed by atoms with E-state index in [1.165, 1.54) is 0 Å². The van der Waals surface area contributed by atoms with Crippen molar-refractivity contribution in [1.29, 1.82) is 0 Å². The summed E-state index contributed by atoms with van der Waals surface area (Å²) in [4.78, 5) is 14.4. The summed E-state index contributed by atoms with van der Waals surface area (Å²) >= 11 is 4.81. The second-order valence-electron chi connectivity index (χ2n) is 2.45. The third kappa shape index (κ3) is 14.4. The number of hydrogen-bond acceptors (Lipinski definition) is 4. The zero-order valence-electron chi connectivity index (χ0n) is 8.65. The average molecular weight is 345 g/mol. The van der Waals surface area contributed by atoms with Gasteiger partial charge in [0.1, 0.15) is 17.9 Å². The first-order chi connectivity index (χ1) is 6.07. The molecule has 0 rings (SSSR count). The predicted octanol–water partition coefficient (Wildman–Crippen LogP) is -2.14. The summed E-state index contributed by atoms with van der Waals surface area (Å²) in [5, 5.41) is 0. The Bertz CT molecular complexity index is 206. The Morgan fingerprint density at radius 3 is 2.31 bits per heavy atom. The molecule has 16 heavy (non-hydrogen) atoms. The molecule has 0 aliphatic heterocycles. The molecule has 0 saturated heterocycles. The quantitative estimate of drug-likeness (QED) is 0.225. The number of nitrogens with two attached hydrogens (primary N) is 3. The molecule has 0 amide bonds. The molecule has 1 atom stereocenters. The Morgan fingerprint density at radius 2 is 1.94 bits per heavy atom. The Hall–Kier alpha value is 0.366. The van der Waals surface area contributed by atoms with Crippen LogP contribution in [0.2, 0.25) is 0 Å². The molecule has 0 saturated carbocycles. The third-order valence-corrected chi connectivity index (χ3v) is 1.50. The molecule has 0 aliphatic rings. The molecular formula is C6H15AlClN4O3Zr. The van der Waals surface area contributed by atoms with Gasteiger partial charge in [-0.3, -0.25) is 4.99 Å². The zero-order chi connectivity index (χ0) is 10.3. The smallest absolute Gasteiger partial charge is 0.341 e. The summed E-state index contributed by atoms with van der Waals surface area (Å²) in [6.07, 6.45) is 1.04. The zero-order valence-corrected chi connectivity index (χ0v) is 13.0. The first kappa shape index (κ1) is 25.3. The summed E-state index contributed by atoms with van der Waals surface area (Å²) in [5.41, 5.74) is 15.5. The minimum absolute atomic E-state index is 0. The van der Waals surface area contributed by atoms with Crippen molar-refractivity contribution >= 4 is 41.2 Å². The van der Waals surface area contributed by atoms with Crippen molar-refractivity contribution in [2.45, 2.75) is 18.9 Å². The molecule has 0 aromatic carbocycles. The first-order valence-electron chi connectivity index (χ1n) is 3.71. The van der Waals surface area contributed by atoms with E-state index in [1.807, 2.05) is 0 Å². The van der Waals surface area contributed by atoms with E-state index in [0.717, 1.165) is 0 Å². The predicted molar refractivity (Wildman–Crippen MR) is 59.2 cm³/mol. The van der Waals surface area contributed by atoms with Crippen molar-refractivity contribution in [2.75, 3.05) is 6.54 Å². The molecule has 10 heteroatoms. The topological polar surface area (TPSA) is 148 Å². The van der Waals surface area contributed by atoms with Gasteiger partial charge in [0.05, 0.1) is 0 Å². The van der Waals surface area contributed by atoms with Crippen LogP contribution in [0.25, 0.3) is 0 Å². The Kier molecular flexibility index (Phi) is 24.3. The SMILES string of the molecule is NC(N)=NCCC[C@H](N)C(=O)OCl.O.[Al].[Zr]. The molecule has 0 aromatic heterocycles. The number of rotatable bonds is 5. The van der Waals surface area contributed by atoms with E-state index in [-0.39, 0.29) is 55.0 Å². The minimum Gasteiger partial charge on any atom is -0.412 e. The summed E-state index contributed by atoms with van der Waals surface area (Å²) < 4.78 is 3.91. The maximum atomic E-state index is 10.7. The number of nitrogens with zero attached hydrogens (tertiary/aromatic N) is 1. The van der Waals surface area contributed by atoms with Crippen molar-refractivity contribution in [3.8, 4) is 0 Å². The van der Waals surface area contributed by atoms with Crippen LogP contribution in [0.15, 0.2) is 4.99 Å². The van der Waals surface area contributed by atoms with Crippen LogP contribution in [0.3, 0.4) is 0 Å². The monoisotopic (exact) mass is 343 g/mol. The van der Waals surface area contributed by atoms with Gasteiger partial charge in [-0.05, 0) is 12.8 Å². The van der Waals surface area contributed by atoms with Gasteiger partial charge in [-0.15, -0.1) is 0 Å².